The van der Waals surface area contributed by atoms with Crippen molar-refractivity contribution in [3.05, 3.63) is 65.7 Å². The lowest BCUT2D eigenvalue weighted by Crippen LogP contribution is -2.17. The average Bonchev–Trinajstić information content (AvgIpc) is 3.31. The van der Waals surface area contributed by atoms with Gasteiger partial charge in [0.25, 0.3) is 0 Å². The molecule has 2 aromatic rings. The van der Waals surface area contributed by atoms with Gasteiger partial charge in [-0.1, -0.05) is 35.9 Å². The maximum Gasteiger partial charge on any atom is 0.338 e. The van der Waals surface area contributed by atoms with Gasteiger partial charge in [0, 0.05) is 6.61 Å². The monoisotopic (exact) mass is 494 g/mol. The van der Waals surface area contributed by atoms with Crippen molar-refractivity contribution in [3.8, 4) is 0 Å². The predicted octanol–water partition coefficient (Wildman–Crippen LogP) is 4.34. The smallest absolute Gasteiger partial charge is 0.338 e. The third-order valence-electron chi connectivity index (χ3n) is 5.28. The van der Waals surface area contributed by atoms with Crippen LogP contribution in [0.1, 0.15) is 48.0 Å². The summed E-state index contributed by atoms with van der Waals surface area (Å²) in [4.78, 5) is 11.6. The first kappa shape index (κ1) is 27.4. The van der Waals surface area contributed by atoms with Crippen LogP contribution in [0.4, 0.5) is 0 Å². The molecule has 1 aliphatic heterocycles. The lowest BCUT2D eigenvalue weighted by atomic mass is 10.1. The summed E-state index contributed by atoms with van der Waals surface area (Å²) in [6.07, 6.45) is 8.98. The van der Waals surface area contributed by atoms with Crippen LogP contribution in [-0.2, 0) is 30.5 Å². The van der Waals surface area contributed by atoms with Gasteiger partial charge in [-0.3, -0.25) is 0 Å². The molecule has 0 N–H and O–H groups in total. The fraction of sp³-hybridized carbons (Fsp3) is 0.480. The number of unbranched alkanes of at least 4 members (excludes halogenated alkanes) is 1. The molecule has 0 aliphatic carbocycles. The molecule has 1 aliphatic rings. The molecule has 33 heavy (non-hydrogen) atoms. The first-order chi connectivity index (χ1) is 15.8. The van der Waals surface area contributed by atoms with Gasteiger partial charge in [0.2, 0.25) is 0 Å². The van der Waals surface area contributed by atoms with Crippen LogP contribution in [-0.4, -0.2) is 56.0 Å². The Morgan fingerprint density at radius 3 is 2.39 bits per heavy atom. The van der Waals surface area contributed by atoms with Crippen molar-refractivity contribution >= 4 is 27.0 Å². The Labute approximate surface area is 200 Å². The van der Waals surface area contributed by atoms with Crippen LogP contribution in [0.5, 0.6) is 0 Å². The zero-order valence-electron chi connectivity index (χ0n) is 19.4. The summed E-state index contributed by atoms with van der Waals surface area (Å²) in [5, 5.41) is 0. The first-order valence-corrected chi connectivity index (χ1v) is 14.6. The van der Waals surface area contributed by atoms with Crippen molar-refractivity contribution in [1.82, 2.24) is 0 Å². The summed E-state index contributed by atoms with van der Waals surface area (Å²) in [7, 11) is -3.93. The third kappa shape index (κ3) is 11.2. The van der Waals surface area contributed by atoms with Crippen LogP contribution >= 0.6 is 0 Å². The normalized spacial score (nSPS) is 16.5. The number of hydrogen-bond acceptors (Lipinski definition) is 6. The van der Waals surface area contributed by atoms with E-state index in [-0.39, 0.29) is 10.9 Å². The topological polar surface area (TPSA) is 92.7 Å². The summed E-state index contributed by atoms with van der Waals surface area (Å²) in [5.74, 6) is 1.99. The Morgan fingerprint density at radius 1 is 1.09 bits per heavy atom. The van der Waals surface area contributed by atoms with Crippen molar-refractivity contribution < 1.29 is 27.2 Å². The Hall–Kier alpha value is -1.87. The molecular weight excluding hydrogens is 460 g/mol. The van der Waals surface area contributed by atoms with E-state index in [9.17, 15) is 17.8 Å². The molecule has 6 nitrogen and oxygen atoms in total. The zero-order valence-corrected chi connectivity index (χ0v) is 21.0. The van der Waals surface area contributed by atoms with Gasteiger partial charge in [0.05, 0.1) is 22.8 Å². The number of carbonyl (C=O) groups is 1. The molecule has 1 heterocycles. The molecule has 2 atom stereocenters. The molecular formula is C25H34O6S2. The maximum absolute atomic E-state index is 11.8. The van der Waals surface area contributed by atoms with E-state index in [1.165, 1.54) is 50.0 Å². The fourth-order valence-corrected chi connectivity index (χ4v) is 5.07. The zero-order chi connectivity index (χ0) is 24.1. The molecule has 1 saturated heterocycles. The lowest BCUT2D eigenvalue weighted by Gasteiger charge is -2.09. The molecule has 0 saturated carbocycles. The van der Waals surface area contributed by atoms with Crippen LogP contribution in [0.15, 0.2) is 59.5 Å². The number of carbonyl (C=O) groups excluding carboxylic acids is 1. The van der Waals surface area contributed by atoms with Crippen molar-refractivity contribution in [1.29, 1.82) is 0 Å². The molecule has 2 aromatic carbocycles. The van der Waals surface area contributed by atoms with Crippen LogP contribution < -0.4 is 0 Å². The number of esters is 1. The van der Waals surface area contributed by atoms with E-state index in [2.05, 4.69) is 6.26 Å². The van der Waals surface area contributed by atoms with Gasteiger partial charge in [-0.2, -0.15) is 0 Å². The minimum Gasteiger partial charge on any atom is -0.744 e. The average molecular weight is 495 g/mol. The van der Waals surface area contributed by atoms with E-state index in [0.717, 1.165) is 17.9 Å². The van der Waals surface area contributed by atoms with Gasteiger partial charge in [0.15, 0.2) is 0 Å². The Balaban J connectivity index is 0.000000294. The number of rotatable bonds is 10. The number of aryl methyl sites for hydroxylation is 1. The van der Waals surface area contributed by atoms with E-state index < -0.39 is 10.1 Å². The fourth-order valence-electron chi connectivity index (χ4n) is 3.33. The third-order valence-corrected chi connectivity index (χ3v) is 7.98. The van der Waals surface area contributed by atoms with E-state index >= 15 is 0 Å². The van der Waals surface area contributed by atoms with Crippen LogP contribution in [0, 0.1) is 6.92 Å². The maximum atomic E-state index is 11.8. The molecule has 2 unspecified atom stereocenters. The molecule has 0 spiro atoms. The second-order valence-electron chi connectivity index (χ2n) is 8.09. The van der Waals surface area contributed by atoms with E-state index in [1.807, 2.05) is 25.1 Å². The Morgan fingerprint density at radius 2 is 1.79 bits per heavy atom. The van der Waals surface area contributed by atoms with Crippen molar-refractivity contribution in [2.45, 2.75) is 50.0 Å². The number of benzene rings is 2. The number of ether oxygens (including phenoxy) is 2. The molecule has 8 heteroatoms. The summed E-state index contributed by atoms with van der Waals surface area (Å²) in [6.45, 7) is 3.30. The minimum atomic E-state index is -4.27. The molecule has 3 rings (SSSR count). The van der Waals surface area contributed by atoms with Gasteiger partial charge in [0.1, 0.15) is 28.2 Å². The molecule has 182 valence electrons. The van der Waals surface area contributed by atoms with Gasteiger partial charge in [-0.25, -0.2) is 13.2 Å². The Bertz CT molecular complexity index is 923. The van der Waals surface area contributed by atoms with E-state index in [1.54, 1.807) is 24.3 Å². The van der Waals surface area contributed by atoms with Crippen LogP contribution in [0.25, 0.3) is 0 Å². The van der Waals surface area contributed by atoms with E-state index in [4.69, 9.17) is 9.47 Å². The van der Waals surface area contributed by atoms with Gasteiger partial charge < -0.3 is 14.0 Å². The highest BCUT2D eigenvalue weighted by Crippen LogP contribution is 2.18. The molecule has 0 radical (unpaired) electrons. The highest BCUT2D eigenvalue weighted by molar-refractivity contribution is 7.96. The Kier molecular flexibility index (Phi) is 11.9. The molecule has 0 amide bonds. The highest BCUT2D eigenvalue weighted by Gasteiger charge is 2.17. The van der Waals surface area contributed by atoms with Crippen molar-refractivity contribution in [2.75, 3.05) is 31.0 Å². The second-order valence-corrected chi connectivity index (χ2v) is 11.8. The quantitative estimate of drug-likeness (QED) is 0.211. The molecule has 0 bridgehead atoms. The van der Waals surface area contributed by atoms with E-state index in [0.29, 0.717) is 29.2 Å². The minimum absolute atomic E-state index is 0.178. The number of hydrogen-bond donors (Lipinski definition) is 0. The standard InChI is InChI=1S/C18H27O3S.C7H8O3S/c1-22(14-6-5-10-17-11-7-12-20-17)15-13-21-18(19)16-8-3-2-4-9-16;1-6-2-4-7(5-3-6)11(8,9)10/h2-4,8-9,17H,5-7,10-15H2,1H3;2-5H,1H3,(H,8,9,10)/q+1;/p-1. The van der Waals surface area contributed by atoms with Gasteiger partial charge in [-0.15, -0.1) is 0 Å². The van der Waals surface area contributed by atoms with Crippen molar-refractivity contribution in [2.24, 2.45) is 0 Å². The van der Waals surface area contributed by atoms with Crippen molar-refractivity contribution in [3.63, 3.8) is 0 Å². The van der Waals surface area contributed by atoms with Gasteiger partial charge >= 0.3 is 5.97 Å². The largest absolute Gasteiger partial charge is 0.744 e. The predicted molar refractivity (Wildman–Crippen MR) is 132 cm³/mol. The lowest BCUT2D eigenvalue weighted by molar-refractivity contribution is 0.0530. The summed E-state index contributed by atoms with van der Waals surface area (Å²) in [6, 6.07) is 15.0. The first-order valence-electron chi connectivity index (χ1n) is 11.2. The summed E-state index contributed by atoms with van der Waals surface area (Å²) < 4.78 is 42.1. The van der Waals surface area contributed by atoms with Crippen LogP contribution in [0.2, 0.25) is 0 Å². The summed E-state index contributed by atoms with van der Waals surface area (Å²) >= 11 is 0. The van der Waals surface area contributed by atoms with Gasteiger partial charge in [-0.05, 0) is 74.2 Å². The summed E-state index contributed by atoms with van der Waals surface area (Å²) in [5.41, 5.74) is 1.56. The SMILES string of the molecule is C[S+](CCCCC1CCCO1)CCOC(=O)c1ccccc1.Cc1ccc(S(=O)(=O)[O-])cc1. The molecule has 1 fully saturated rings. The second kappa shape index (κ2) is 14.4. The van der Waals surface area contributed by atoms with Crippen LogP contribution in [0.3, 0.4) is 0 Å². The molecule has 0 aromatic heterocycles. The highest BCUT2D eigenvalue weighted by atomic mass is 32.2.